The van der Waals surface area contributed by atoms with Crippen molar-refractivity contribution >= 4 is 11.3 Å². The van der Waals surface area contributed by atoms with E-state index in [0.29, 0.717) is 18.2 Å². The molecular weight excluding hydrogens is 228 g/mol. The van der Waals surface area contributed by atoms with Gasteiger partial charge in [-0.05, 0) is 18.4 Å². The van der Waals surface area contributed by atoms with Crippen LogP contribution in [0.15, 0.2) is 20.8 Å². The second kappa shape index (κ2) is 6.12. The molecule has 0 aromatic carbocycles. The Balaban J connectivity index is 0.000000606. The van der Waals surface area contributed by atoms with Crippen LogP contribution in [-0.2, 0) is 0 Å². The van der Waals surface area contributed by atoms with Gasteiger partial charge < -0.3 is 4.74 Å². The fourth-order valence-electron chi connectivity index (χ4n) is 1.07. The van der Waals surface area contributed by atoms with Gasteiger partial charge >= 0.3 is 5.76 Å². The minimum absolute atomic E-state index is 0.411. The van der Waals surface area contributed by atoms with E-state index in [2.05, 4.69) is 14.7 Å². The van der Waals surface area contributed by atoms with Gasteiger partial charge in [0.15, 0.2) is 5.82 Å². The van der Waals surface area contributed by atoms with Crippen LogP contribution in [0.5, 0.6) is 5.75 Å². The van der Waals surface area contributed by atoms with Gasteiger partial charge in [-0.1, -0.05) is 19.0 Å². The topological polar surface area (TPSA) is 68.1 Å². The van der Waals surface area contributed by atoms with Crippen LogP contribution in [0.1, 0.15) is 20.8 Å². The van der Waals surface area contributed by atoms with Crippen molar-refractivity contribution in [1.82, 2.24) is 10.1 Å². The molecule has 0 atom stereocenters. The molecule has 1 N–H and O–H groups in total. The molecule has 16 heavy (non-hydrogen) atoms. The first-order valence-electron chi connectivity index (χ1n) is 5.08. The molecule has 0 aliphatic carbocycles. The maximum atomic E-state index is 10.7. The Morgan fingerprint density at radius 1 is 1.56 bits per heavy atom. The van der Waals surface area contributed by atoms with E-state index in [-0.39, 0.29) is 0 Å². The van der Waals surface area contributed by atoms with Gasteiger partial charge in [0.05, 0.1) is 6.61 Å². The number of rotatable bonds is 3. The smallest absolute Gasteiger partial charge is 0.439 e. The summed E-state index contributed by atoms with van der Waals surface area (Å²) in [6.45, 7) is 6.47. The monoisotopic (exact) mass is 242 g/mol. The molecule has 88 valence electrons. The number of ether oxygens (including phenoxy) is 1. The fraction of sp³-hybridized carbons (Fsp3) is 0.400. The third-order valence-electron chi connectivity index (χ3n) is 1.58. The van der Waals surface area contributed by atoms with Crippen LogP contribution in [0.25, 0.3) is 10.7 Å². The number of nitrogens with one attached hydrogen (secondary N) is 1. The highest BCUT2D eigenvalue weighted by atomic mass is 32.1. The Morgan fingerprint density at radius 3 is 2.88 bits per heavy atom. The lowest BCUT2D eigenvalue weighted by Crippen LogP contribution is -1.95. The summed E-state index contributed by atoms with van der Waals surface area (Å²) < 4.78 is 9.76. The van der Waals surface area contributed by atoms with Crippen molar-refractivity contribution in [3.63, 3.8) is 0 Å². The molecule has 0 unspecified atom stereocenters. The Labute approximate surface area is 97.1 Å². The molecule has 0 saturated carbocycles. The SMILES string of the molecule is CC.CCOc1ccsc1-c1noc(=O)[nH]1. The zero-order valence-corrected chi connectivity index (χ0v) is 10.3. The van der Waals surface area contributed by atoms with E-state index in [4.69, 9.17) is 4.74 Å². The van der Waals surface area contributed by atoms with E-state index >= 15 is 0 Å². The lowest BCUT2D eigenvalue weighted by Gasteiger charge is -2.00. The number of hydrogen-bond acceptors (Lipinski definition) is 5. The van der Waals surface area contributed by atoms with Crippen LogP contribution in [0, 0.1) is 0 Å². The van der Waals surface area contributed by atoms with Crippen molar-refractivity contribution in [2.45, 2.75) is 20.8 Å². The van der Waals surface area contributed by atoms with Crippen LogP contribution in [0.4, 0.5) is 0 Å². The summed E-state index contributed by atoms with van der Waals surface area (Å²) in [4.78, 5) is 14.0. The van der Waals surface area contributed by atoms with Crippen molar-refractivity contribution < 1.29 is 9.26 Å². The third-order valence-corrected chi connectivity index (χ3v) is 2.49. The largest absolute Gasteiger partial charge is 0.492 e. The lowest BCUT2D eigenvalue weighted by atomic mass is 10.4. The molecule has 0 radical (unpaired) electrons. The zero-order chi connectivity index (χ0) is 12.0. The molecule has 0 spiro atoms. The first kappa shape index (κ1) is 12.5. The number of thiophene rings is 1. The average Bonchev–Trinajstić information content (AvgIpc) is 2.90. The van der Waals surface area contributed by atoms with Crippen LogP contribution < -0.4 is 10.5 Å². The first-order valence-corrected chi connectivity index (χ1v) is 5.96. The number of nitrogens with zero attached hydrogens (tertiary/aromatic N) is 1. The molecule has 2 aromatic heterocycles. The van der Waals surface area contributed by atoms with Crippen molar-refractivity contribution in [2.24, 2.45) is 0 Å². The number of H-pyrrole nitrogens is 1. The summed E-state index contributed by atoms with van der Waals surface area (Å²) in [5.41, 5.74) is 0. The Bertz CT molecular complexity index is 472. The van der Waals surface area contributed by atoms with Gasteiger partial charge in [0.1, 0.15) is 10.6 Å². The lowest BCUT2D eigenvalue weighted by molar-refractivity contribution is 0.342. The third kappa shape index (κ3) is 2.73. The molecule has 2 aromatic rings. The van der Waals surface area contributed by atoms with E-state index in [1.807, 2.05) is 32.2 Å². The quantitative estimate of drug-likeness (QED) is 0.898. The van der Waals surface area contributed by atoms with Crippen molar-refractivity contribution in [1.29, 1.82) is 0 Å². The van der Waals surface area contributed by atoms with Gasteiger partial charge in [-0.2, -0.15) is 0 Å². The van der Waals surface area contributed by atoms with E-state index in [0.717, 1.165) is 4.88 Å². The summed E-state index contributed by atoms with van der Waals surface area (Å²) in [6, 6.07) is 1.83. The molecule has 6 heteroatoms. The van der Waals surface area contributed by atoms with Crippen molar-refractivity contribution in [3.05, 3.63) is 22.0 Å². The minimum atomic E-state index is -0.559. The predicted octanol–water partition coefficient (Wildman–Crippen LogP) is 2.52. The molecule has 0 aliphatic heterocycles. The summed E-state index contributed by atoms with van der Waals surface area (Å²) in [5, 5.41) is 5.46. The summed E-state index contributed by atoms with van der Waals surface area (Å²) in [5.74, 6) is 0.561. The summed E-state index contributed by atoms with van der Waals surface area (Å²) in [7, 11) is 0. The highest BCUT2D eigenvalue weighted by Gasteiger charge is 2.12. The van der Waals surface area contributed by atoms with Gasteiger partial charge in [-0.3, -0.25) is 9.51 Å². The van der Waals surface area contributed by atoms with Gasteiger partial charge in [0, 0.05) is 0 Å². The number of aromatic amines is 1. The molecule has 0 amide bonds. The molecule has 2 heterocycles. The first-order chi connectivity index (χ1) is 7.81. The Morgan fingerprint density at radius 2 is 2.31 bits per heavy atom. The van der Waals surface area contributed by atoms with E-state index in [1.54, 1.807) is 0 Å². The summed E-state index contributed by atoms with van der Waals surface area (Å²) >= 11 is 1.44. The van der Waals surface area contributed by atoms with Crippen LogP contribution in [0.2, 0.25) is 0 Å². The normalized spacial score (nSPS) is 9.44. The molecular formula is C10H14N2O3S. The van der Waals surface area contributed by atoms with E-state index < -0.39 is 5.76 Å². The van der Waals surface area contributed by atoms with E-state index in [1.165, 1.54) is 11.3 Å². The van der Waals surface area contributed by atoms with E-state index in [9.17, 15) is 4.79 Å². The van der Waals surface area contributed by atoms with Crippen molar-refractivity contribution in [3.8, 4) is 16.5 Å². The highest BCUT2D eigenvalue weighted by molar-refractivity contribution is 7.13. The van der Waals surface area contributed by atoms with Crippen LogP contribution in [0.3, 0.4) is 0 Å². The molecule has 0 fully saturated rings. The minimum Gasteiger partial charge on any atom is -0.492 e. The number of aromatic nitrogens is 2. The maximum Gasteiger partial charge on any atom is 0.439 e. The second-order valence-corrected chi connectivity index (χ2v) is 3.41. The van der Waals surface area contributed by atoms with Gasteiger partial charge in [-0.25, -0.2) is 4.79 Å². The van der Waals surface area contributed by atoms with Gasteiger partial charge in [0.2, 0.25) is 0 Å². The molecule has 5 nitrogen and oxygen atoms in total. The second-order valence-electron chi connectivity index (χ2n) is 2.49. The Kier molecular flexibility index (Phi) is 4.78. The number of hydrogen-bond donors (Lipinski definition) is 1. The van der Waals surface area contributed by atoms with Gasteiger partial charge in [-0.15, -0.1) is 11.3 Å². The maximum absolute atomic E-state index is 10.7. The Hall–Kier alpha value is -1.56. The zero-order valence-electron chi connectivity index (χ0n) is 9.44. The average molecular weight is 242 g/mol. The van der Waals surface area contributed by atoms with Crippen LogP contribution in [-0.4, -0.2) is 16.7 Å². The van der Waals surface area contributed by atoms with Crippen LogP contribution >= 0.6 is 11.3 Å². The molecule has 0 bridgehead atoms. The predicted molar refractivity (Wildman–Crippen MR) is 63.0 cm³/mol. The molecule has 0 aliphatic rings. The fourth-order valence-corrected chi connectivity index (χ4v) is 1.84. The molecule has 0 saturated heterocycles. The molecule has 2 rings (SSSR count). The standard InChI is InChI=1S/C8H8N2O3S.C2H6/c1-2-12-5-3-4-14-6(5)7-9-8(11)13-10-7;1-2/h3-4H,2H2,1H3,(H,9,10,11);1-2H3. The van der Waals surface area contributed by atoms with Crippen molar-refractivity contribution in [2.75, 3.05) is 6.61 Å². The highest BCUT2D eigenvalue weighted by Crippen LogP contribution is 2.32. The summed E-state index contributed by atoms with van der Waals surface area (Å²) in [6.07, 6.45) is 0. The van der Waals surface area contributed by atoms with Gasteiger partial charge in [0.25, 0.3) is 0 Å².